The number of aryl methyl sites for hydroxylation is 2. The van der Waals surface area contributed by atoms with Crippen molar-refractivity contribution in [1.29, 1.82) is 0 Å². The summed E-state index contributed by atoms with van der Waals surface area (Å²) in [6.45, 7) is 0. The van der Waals surface area contributed by atoms with Crippen molar-refractivity contribution in [3.05, 3.63) is 52.0 Å². The minimum Gasteiger partial charge on any atom is -0.337 e. The van der Waals surface area contributed by atoms with Gasteiger partial charge in [-0.1, -0.05) is 34.1 Å². The van der Waals surface area contributed by atoms with E-state index in [-0.39, 0.29) is 0 Å². The van der Waals surface area contributed by atoms with E-state index in [0.717, 1.165) is 29.3 Å². The van der Waals surface area contributed by atoms with Crippen molar-refractivity contribution < 1.29 is 4.79 Å². The number of carbonyl (C=O) groups excluding carboxylic acids is 1. The Bertz CT molecular complexity index is 534. The van der Waals surface area contributed by atoms with Gasteiger partial charge < -0.3 is 4.57 Å². The van der Waals surface area contributed by atoms with Crippen LogP contribution in [0.2, 0.25) is 0 Å². The molecule has 1 aromatic carbocycles. The van der Waals surface area contributed by atoms with Crippen molar-refractivity contribution in [2.45, 2.75) is 12.8 Å². The van der Waals surface area contributed by atoms with Gasteiger partial charge in [-0.15, -0.1) is 0 Å². The van der Waals surface area contributed by atoms with Crippen molar-refractivity contribution >= 4 is 22.2 Å². The van der Waals surface area contributed by atoms with Crippen LogP contribution in [0.25, 0.3) is 0 Å². The summed E-state index contributed by atoms with van der Waals surface area (Å²) in [4.78, 5) is 14.9. The van der Waals surface area contributed by atoms with E-state index in [1.165, 1.54) is 5.56 Å². The van der Waals surface area contributed by atoms with E-state index in [0.29, 0.717) is 5.69 Å². The van der Waals surface area contributed by atoms with Gasteiger partial charge in [0.1, 0.15) is 5.69 Å². The highest BCUT2D eigenvalue weighted by molar-refractivity contribution is 9.10. The SMILES string of the molecule is Cn1cnc(C=O)c1CCc1ccccc1Br. The molecule has 3 nitrogen and oxygen atoms in total. The minimum absolute atomic E-state index is 0.541. The molecule has 0 unspecified atom stereocenters. The van der Waals surface area contributed by atoms with Crippen LogP contribution in [0.1, 0.15) is 21.7 Å². The normalized spacial score (nSPS) is 10.5. The number of hydrogen-bond donors (Lipinski definition) is 0. The second kappa shape index (κ2) is 5.27. The third kappa shape index (κ3) is 2.64. The Morgan fingerprint density at radius 2 is 2.12 bits per heavy atom. The van der Waals surface area contributed by atoms with Gasteiger partial charge in [0.25, 0.3) is 0 Å². The Morgan fingerprint density at radius 1 is 1.35 bits per heavy atom. The highest BCUT2D eigenvalue weighted by Crippen LogP contribution is 2.18. The molecule has 0 N–H and O–H groups in total. The molecular weight excluding hydrogens is 280 g/mol. The fraction of sp³-hybridized carbons (Fsp3) is 0.231. The second-order valence-corrected chi connectivity index (χ2v) is 4.75. The molecule has 0 fully saturated rings. The molecule has 4 heteroatoms. The Morgan fingerprint density at radius 3 is 2.82 bits per heavy atom. The van der Waals surface area contributed by atoms with E-state index in [2.05, 4.69) is 27.0 Å². The summed E-state index contributed by atoms with van der Waals surface area (Å²) in [6, 6.07) is 8.12. The number of hydrogen-bond acceptors (Lipinski definition) is 2. The second-order valence-electron chi connectivity index (χ2n) is 3.90. The largest absolute Gasteiger partial charge is 0.337 e. The Hall–Kier alpha value is -1.42. The van der Waals surface area contributed by atoms with Crippen molar-refractivity contribution in [3.63, 3.8) is 0 Å². The van der Waals surface area contributed by atoms with Crippen molar-refractivity contribution in [2.75, 3.05) is 0 Å². The topological polar surface area (TPSA) is 34.9 Å². The molecule has 0 saturated heterocycles. The van der Waals surface area contributed by atoms with Gasteiger partial charge >= 0.3 is 0 Å². The van der Waals surface area contributed by atoms with Gasteiger partial charge in [-0.2, -0.15) is 0 Å². The maximum atomic E-state index is 10.8. The Labute approximate surface area is 109 Å². The molecule has 0 bridgehead atoms. The molecular formula is C13H13BrN2O. The zero-order valence-corrected chi connectivity index (χ0v) is 11.1. The van der Waals surface area contributed by atoms with Crippen LogP contribution in [0, 0.1) is 0 Å². The van der Waals surface area contributed by atoms with E-state index in [1.807, 2.05) is 29.8 Å². The molecule has 0 atom stereocenters. The van der Waals surface area contributed by atoms with Gasteiger partial charge in [0.15, 0.2) is 6.29 Å². The average Bonchev–Trinajstić information content (AvgIpc) is 2.69. The van der Waals surface area contributed by atoms with Crippen LogP contribution in [-0.4, -0.2) is 15.8 Å². The molecule has 0 amide bonds. The zero-order valence-electron chi connectivity index (χ0n) is 9.56. The summed E-state index contributed by atoms with van der Waals surface area (Å²) in [5, 5.41) is 0. The first-order valence-corrected chi connectivity index (χ1v) is 6.20. The van der Waals surface area contributed by atoms with E-state index in [9.17, 15) is 4.79 Å². The predicted octanol–water partition coefficient (Wildman–Crippen LogP) is 2.78. The first-order chi connectivity index (χ1) is 8.22. The zero-order chi connectivity index (χ0) is 12.3. The smallest absolute Gasteiger partial charge is 0.170 e. The summed E-state index contributed by atoms with van der Waals surface area (Å²) >= 11 is 3.52. The van der Waals surface area contributed by atoms with Gasteiger partial charge in [0.2, 0.25) is 0 Å². The maximum Gasteiger partial charge on any atom is 0.170 e. The van der Waals surface area contributed by atoms with Crippen LogP contribution < -0.4 is 0 Å². The molecule has 88 valence electrons. The third-order valence-electron chi connectivity index (χ3n) is 2.79. The van der Waals surface area contributed by atoms with Crippen LogP contribution in [0.4, 0.5) is 0 Å². The van der Waals surface area contributed by atoms with Gasteiger partial charge in [-0.05, 0) is 24.5 Å². The molecule has 0 radical (unpaired) electrons. The lowest BCUT2D eigenvalue weighted by molar-refractivity contribution is 0.111. The van der Waals surface area contributed by atoms with Gasteiger partial charge in [-0.25, -0.2) is 4.98 Å². The van der Waals surface area contributed by atoms with E-state index >= 15 is 0 Å². The fourth-order valence-corrected chi connectivity index (χ4v) is 2.31. The number of halogens is 1. The van der Waals surface area contributed by atoms with Crippen LogP contribution in [-0.2, 0) is 19.9 Å². The van der Waals surface area contributed by atoms with Crippen molar-refractivity contribution in [2.24, 2.45) is 7.05 Å². The van der Waals surface area contributed by atoms with Crippen LogP contribution >= 0.6 is 15.9 Å². The first kappa shape index (κ1) is 12.0. The molecule has 0 aliphatic heterocycles. The first-order valence-electron chi connectivity index (χ1n) is 5.41. The fourth-order valence-electron chi connectivity index (χ4n) is 1.83. The monoisotopic (exact) mass is 292 g/mol. The van der Waals surface area contributed by atoms with Gasteiger partial charge in [-0.3, -0.25) is 4.79 Å². The number of imidazole rings is 1. The standard InChI is InChI=1S/C13H13BrN2O/c1-16-9-15-12(8-17)13(16)7-6-10-4-2-3-5-11(10)14/h2-5,8-9H,6-7H2,1H3. The summed E-state index contributed by atoms with van der Waals surface area (Å²) in [5.41, 5.74) is 2.76. The molecule has 17 heavy (non-hydrogen) atoms. The van der Waals surface area contributed by atoms with Gasteiger partial charge in [0, 0.05) is 17.2 Å². The molecule has 1 heterocycles. The highest BCUT2D eigenvalue weighted by Gasteiger charge is 2.08. The number of aldehydes is 1. The third-order valence-corrected chi connectivity index (χ3v) is 3.57. The summed E-state index contributed by atoms with van der Waals surface area (Å²) in [6.07, 6.45) is 4.20. The summed E-state index contributed by atoms with van der Waals surface area (Å²) < 4.78 is 3.01. The van der Waals surface area contributed by atoms with Crippen LogP contribution in [0.3, 0.4) is 0 Å². The van der Waals surface area contributed by atoms with Gasteiger partial charge in [0.05, 0.1) is 6.33 Å². The molecule has 2 aromatic rings. The average molecular weight is 293 g/mol. The summed E-state index contributed by atoms with van der Waals surface area (Å²) in [5.74, 6) is 0. The predicted molar refractivity (Wildman–Crippen MR) is 70.1 cm³/mol. The molecule has 0 spiro atoms. The minimum atomic E-state index is 0.541. The quantitative estimate of drug-likeness (QED) is 0.812. The number of nitrogens with zero attached hydrogens (tertiary/aromatic N) is 2. The Balaban J connectivity index is 2.15. The molecule has 0 aliphatic carbocycles. The molecule has 1 aromatic heterocycles. The lowest BCUT2D eigenvalue weighted by Gasteiger charge is -2.05. The van der Waals surface area contributed by atoms with E-state index in [1.54, 1.807) is 6.33 Å². The number of carbonyl (C=O) groups is 1. The van der Waals surface area contributed by atoms with Crippen molar-refractivity contribution in [3.8, 4) is 0 Å². The van der Waals surface area contributed by atoms with E-state index < -0.39 is 0 Å². The molecule has 2 rings (SSSR count). The van der Waals surface area contributed by atoms with Crippen molar-refractivity contribution in [1.82, 2.24) is 9.55 Å². The Kier molecular flexibility index (Phi) is 3.74. The van der Waals surface area contributed by atoms with Crippen LogP contribution in [0.15, 0.2) is 35.1 Å². The van der Waals surface area contributed by atoms with Crippen LogP contribution in [0.5, 0.6) is 0 Å². The highest BCUT2D eigenvalue weighted by atomic mass is 79.9. The molecule has 0 saturated carbocycles. The molecule has 0 aliphatic rings. The summed E-state index contributed by atoms with van der Waals surface area (Å²) in [7, 11) is 1.91. The lowest BCUT2D eigenvalue weighted by atomic mass is 10.1. The maximum absolute atomic E-state index is 10.8. The number of benzene rings is 1. The van der Waals surface area contributed by atoms with E-state index in [4.69, 9.17) is 0 Å². The lowest BCUT2D eigenvalue weighted by Crippen LogP contribution is -2.01. The number of rotatable bonds is 4. The number of aromatic nitrogens is 2.